The second-order valence-corrected chi connectivity index (χ2v) is 4.79. The molecule has 1 saturated carbocycles. The van der Waals surface area contributed by atoms with Gasteiger partial charge in [-0.05, 0) is 6.92 Å². The van der Waals surface area contributed by atoms with E-state index < -0.39 is 42.2 Å². The van der Waals surface area contributed by atoms with E-state index in [9.17, 15) is 18.4 Å². The van der Waals surface area contributed by atoms with E-state index in [4.69, 9.17) is 4.74 Å². The molecule has 4 unspecified atom stereocenters. The molecule has 0 radical (unpaired) electrons. The lowest BCUT2D eigenvalue weighted by Gasteiger charge is -2.39. The van der Waals surface area contributed by atoms with Gasteiger partial charge in [0.15, 0.2) is 0 Å². The van der Waals surface area contributed by atoms with Crippen LogP contribution in [0.1, 0.15) is 20.3 Å². The zero-order chi connectivity index (χ0) is 12.1. The number of aldehydes is 1. The van der Waals surface area contributed by atoms with E-state index in [0.29, 0.717) is 6.29 Å². The lowest BCUT2D eigenvalue weighted by Crippen LogP contribution is -2.48. The minimum absolute atomic E-state index is 0.389. The average molecular weight is 232 g/mol. The highest BCUT2D eigenvalue weighted by molar-refractivity contribution is 5.77. The molecule has 2 rings (SSSR count). The van der Waals surface area contributed by atoms with Crippen LogP contribution in [0, 0.1) is 23.7 Å². The lowest BCUT2D eigenvalue weighted by molar-refractivity contribution is -0.156. The first-order valence-corrected chi connectivity index (χ1v) is 5.42. The number of cyclic esters (lactones) is 1. The smallest absolute Gasteiger partial charge is 0.309 e. The number of fused-ring (bicyclic) bond motifs is 1. The third-order valence-electron chi connectivity index (χ3n) is 3.95. The predicted molar refractivity (Wildman–Crippen MR) is 50.8 cm³/mol. The Morgan fingerprint density at radius 3 is 2.62 bits per heavy atom. The van der Waals surface area contributed by atoms with Crippen LogP contribution >= 0.6 is 0 Å². The Balaban J connectivity index is 2.36. The first-order valence-electron chi connectivity index (χ1n) is 5.42. The molecule has 0 N–H and O–H groups in total. The molecule has 1 aliphatic carbocycles. The van der Waals surface area contributed by atoms with E-state index in [1.165, 1.54) is 6.92 Å². The van der Waals surface area contributed by atoms with Crippen molar-refractivity contribution < 1.29 is 23.1 Å². The molecule has 90 valence electrons. The zero-order valence-electron chi connectivity index (χ0n) is 9.15. The van der Waals surface area contributed by atoms with Crippen molar-refractivity contribution in [1.82, 2.24) is 0 Å². The van der Waals surface area contributed by atoms with Crippen molar-refractivity contribution in [3.05, 3.63) is 0 Å². The zero-order valence-corrected chi connectivity index (χ0v) is 9.15. The molecule has 1 aliphatic heterocycles. The van der Waals surface area contributed by atoms with E-state index in [2.05, 4.69) is 0 Å². The van der Waals surface area contributed by atoms with Crippen LogP contribution in [-0.4, -0.2) is 24.3 Å². The van der Waals surface area contributed by atoms with Gasteiger partial charge in [-0.1, -0.05) is 6.92 Å². The fourth-order valence-corrected chi connectivity index (χ4v) is 2.94. The summed E-state index contributed by atoms with van der Waals surface area (Å²) in [5.41, 5.74) is 0. The maximum Gasteiger partial charge on any atom is 0.309 e. The number of hydrogen-bond acceptors (Lipinski definition) is 3. The number of rotatable bonds is 1. The molecule has 5 atom stereocenters. The van der Waals surface area contributed by atoms with Crippen molar-refractivity contribution in [2.45, 2.75) is 32.3 Å². The summed E-state index contributed by atoms with van der Waals surface area (Å²) < 4.78 is 32.2. The number of ether oxygens (including phenoxy) is 1. The van der Waals surface area contributed by atoms with Crippen LogP contribution in [0.15, 0.2) is 0 Å². The first kappa shape index (κ1) is 11.5. The number of alkyl halides is 2. The lowest BCUT2D eigenvalue weighted by atomic mass is 9.65. The van der Waals surface area contributed by atoms with Crippen LogP contribution in [0.3, 0.4) is 0 Å². The molecule has 16 heavy (non-hydrogen) atoms. The van der Waals surface area contributed by atoms with E-state index in [0.717, 1.165) is 0 Å². The highest BCUT2D eigenvalue weighted by atomic mass is 19.3. The number of carbonyl (C=O) groups is 2. The van der Waals surface area contributed by atoms with Crippen molar-refractivity contribution in [2.75, 3.05) is 0 Å². The van der Waals surface area contributed by atoms with Crippen molar-refractivity contribution in [3.63, 3.8) is 0 Å². The van der Waals surface area contributed by atoms with Gasteiger partial charge in [0.25, 0.3) is 5.92 Å². The van der Waals surface area contributed by atoms with Gasteiger partial charge < -0.3 is 9.53 Å². The van der Waals surface area contributed by atoms with E-state index >= 15 is 0 Å². The molecular formula is C11H14F2O3. The number of halogens is 2. The van der Waals surface area contributed by atoms with Gasteiger partial charge in [0.2, 0.25) is 0 Å². The highest BCUT2D eigenvalue weighted by Crippen LogP contribution is 2.51. The summed E-state index contributed by atoms with van der Waals surface area (Å²) in [5, 5.41) is 0. The van der Waals surface area contributed by atoms with Gasteiger partial charge >= 0.3 is 5.97 Å². The Morgan fingerprint density at radius 1 is 1.44 bits per heavy atom. The fraction of sp³-hybridized carbons (Fsp3) is 0.818. The largest absolute Gasteiger partial charge is 0.462 e. The molecule has 0 aromatic rings. The quantitative estimate of drug-likeness (QED) is 0.510. The molecule has 0 amide bonds. The third-order valence-corrected chi connectivity index (χ3v) is 3.95. The van der Waals surface area contributed by atoms with Crippen molar-refractivity contribution in [2.24, 2.45) is 23.7 Å². The van der Waals surface area contributed by atoms with Crippen molar-refractivity contribution >= 4 is 12.3 Å². The van der Waals surface area contributed by atoms with Crippen LogP contribution in [-0.2, 0) is 14.3 Å². The van der Waals surface area contributed by atoms with Gasteiger partial charge in [0, 0.05) is 24.2 Å². The Bertz CT molecular complexity index is 329. The monoisotopic (exact) mass is 232 g/mol. The molecule has 3 nitrogen and oxygen atoms in total. The van der Waals surface area contributed by atoms with Crippen molar-refractivity contribution in [1.29, 1.82) is 0 Å². The number of carbonyl (C=O) groups excluding carboxylic acids is 2. The predicted octanol–water partition coefficient (Wildman–Crippen LogP) is 1.65. The average Bonchev–Trinajstić information content (AvgIpc) is 2.44. The van der Waals surface area contributed by atoms with Gasteiger partial charge in [-0.3, -0.25) is 4.79 Å². The Hall–Kier alpha value is -1.00. The van der Waals surface area contributed by atoms with E-state index in [1.807, 2.05) is 0 Å². The molecule has 2 fully saturated rings. The summed E-state index contributed by atoms with van der Waals surface area (Å²) in [6.07, 6.45) is -0.383. The molecule has 0 aromatic heterocycles. The van der Waals surface area contributed by atoms with Crippen LogP contribution in [0.2, 0.25) is 0 Å². The summed E-state index contributed by atoms with van der Waals surface area (Å²) >= 11 is 0. The van der Waals surface area contributed by atoms with Crippen molar-refractivity contribution in [3.8, 4) is 0 Å². The van der Waals surface area contributed by atoms with E-state index in [-0.39, 0.29) is 5.92 Å². The third kappa shape index (κ3) is 1.44. The molecular weight excluding hydrogens is 218 g/mol. The van der Waals surface area contributed by atoms with Crippen LogP contribution in [0.25, 0.3) is 0 Å². The molecule has 5 heteroatoms. The van der Waals surface area contributed by atoms with E-state index in [1.54, 1.807) is 6.92 Å². The molecule has 1 saturated heterocycles. The first-order chi connectivity index (χ1) is 7.38. The van der Waals surface area contributed by atoms with Gasteiger partial charge in [-0.25, -0.2) is 8.78 Å². The molecule has 0 aromatic carbocycles. The van der Waals surface area contributed by atoms with Crippen LogP contribution in [0.5, 0.6) is 0 Å². The van der Waals surface area contributed by atoms with Gasteiger partial charge in [0.05, 0.1) is 5.92 Å². The Labute approximate surface area is 92.1 Å². The van der Waals surface area contributed by atoms with Gasteiger partial charge in [0.1, 0.15) is 12.4 Å². The van der Waals surface area contributed by atoms with Crippen LogP contribution in [0.4, 0.5) is 8.78 Å². The molecule has 1 heterocycles. The topological polar surface area (TPSA) is 43.4 Å². The minimum Gasteiger partial charge on any atom is -0.462 e. The van der Waals surface area contributed by atoms with Gasteiger partial charge in [-0.2, -0.15) is 0 Å². The van der Waals surface area contributed by atoms with Gasteiger partial charge in [-0.15, -0.1) is 0 Å². The second-order valence-electron chi connectivity index (χ2n) is 4.79. The fourth-order valence-electron chi connectivity index (χ4n) is 2.94. The van der Waals surface area contributed by atoms with Crippen LogP contribution < -0.4 is 0 Å². The normalized spacial score (nSPS) is 46.0. The Morgan fingerprint density at radius 2 is 2.06 bits per heavy atom. The summed E-state index contributed by atoms with van der Waals surface area (Å²) in [4.78, 5) is 22.4. The summed E-state index contributed by atoms with van der Waals surface area (Å²) in [5.74, 6) is -6.58. The molecule has 0 bridgehead atoms. The SMILES string of the molecule is CC1OC(=O)[C@@H]2CC(F)(F)C(C)C(C=O)C12. The summed E-state index contributed by atoms with van der Waals surface area (Å²) in [6, 6.07) is 0. The minimum atomic E-state index is -2.96. The summed E-state index contributed by atoms with van der Waals surface area (Å²) in [6.45, 7) is 3.03. The molecule has 0 spiro atoms. The summed E-state index contributed by atoms with van der Waals surface area (Å²) in [7, 11) is 0. The highest BCUT2D eigenvalue weighted by Gasteiger charge is 2.59. The number of hydrogen-bond donors (Lipinski definition) is 0. The maximum absolute atomic E-state index is 13.6. The second kappa shape index (κ2) is 3.50. The maximum atomic E-state index is 13.6. The molecule has 2 aliphatic rings. The standard InChI is InChI=1S/C11H14F2O3/c1-5-8(4-14)9-6(2)16-10(15)7(9)3-11(5,12)13/h4-9H,3H2,1-2H3/t5?,6?,7-,8?,9?/m1/s1. The Kier molecular flexibility index (Phi) is 2.51. The number of esters is 1.